The minimum absolute atomic E-state index is 0.206. The van der Waals surface area contributed by atoms with E-state index >= 15 is 0 Å². The molecule has 0 amide bonds. The second-order valence-corrected chi connectivity index (χ2v) is 7.32. The largest absolute Gasteiger partial charge is 0.468 e. The summed E-state index contributed by atoms with van der Waals surface area (Å²) in [4.78, 5) is 22.0. The summed E-state index contributed by atoms with van der Waals surface area (Å²) in [6, 6.07) is 0. The van der Waals surface area contributed by atoms with Crippen molar-refractivity contribution in [2.45, 2.75) is 6.92 Å². The third kappa shape index (κ3) is 76.1. The maximum atomic E-state index is 10.1. The first kappa shape index (κ1) is 40.3. The van der Waals surface area contributed by atoms with E-state index in [4.69, 9.17) is 5.11 Å². The van der Waals surface area contributed by atoms with Gasteiger partial charge in [-0.2, -0.15) is 0 Å². The van der Waals surface area contributed by atoms with Gasteiger partial charge < -0.3 is 14.6 Å². The van der Waals surface area contributed by atoms with Gasteiger partial charge in [-0.1, -0.05) is 99.6 Å². The van der Waals surface area contributed by atoms with E-state index in [-0.39, 0.29) is 17.3 Å². The number of aliphatic hydroxyl groups excluding tert-OH is 1. The number of rotatable bonds is 3. The zero-order chi connectivity index (χ0) is 19.4. The highest BCUT2D eigenvalue weighted by molar-refractivity contribution is 15.0. The van der Waals surface area contributed by atoms with Gasteiger partial charge in [0.2, 0.25) is 0 Å². The number of carbonyl (C=O) groups is 2. The Morgan fingerprint density at radius 2 is 1.27 bits per heavy atom. The number of methoxy groups -OCH3 is 1. The highest BCUT2D eigenvalue weighted by Gasteiger charge is 1.92. The lowest BCUT2D eigenvalue weighted by atomic mass is 10.8. The highest BCUT2D eigenvalue weighted by atomic mass is 128. The molecule has 5 nitrogen and oxygen atoms in total. The van der Waals surface area contributed by atoms with Gasteiger partial charge in [0.1, 0.15) is 10.7 Å². The van der Waals surface area contributed by atoms with Crippen molar-refractivity contribution in [3.05, 3.63) is 0 Å². The molecule has 0 aromatic heterocycles. The van der Waals surface area contributed by atoms with Crippen LogP contribution in [0.4, 0.5) is 0 Å². The first-order valence-corrected chi connectivity index (χ1v) is 18.7. The molecule has 0 unspecified atom stereocenters. The van der Waals surface area contributed by atoms with E-state index in [1.54, 1.807) is 6.92 Å². The second-order valence-electron chi connectivity index (χ2n) is 1.75. The fraction of sp³-hybridized carbons (Fsp3) is 0.800. The maximum Gasteiger partial charge on any atom is 0.316 e. The van der Waals surface area contributed by atoms with Gasteiger partial charge >= 0.3 is 11.9 Å². The lowest BCUT2D eigenvalue weighted by molar-refractivity contribution is -0.140. The summed E-state index contributed by atoms with van der Waals surface area (Å²) in [6.07, 6.45) is 0. The molecule has 0 aromatic rings. The smallest absolute Gasteiger partial charge is 0.316 e. The average Bonchev–Trinajstić information content (AvgIpc) is 2.60. The van der Waals surface area contributed by atoms with E-state index in [9.17, 15) is 9.59 Å². The van der Waals surface area contributed by atoms with Gasteiger partial charge in [0.05, 0.1) is 16.2 Å². The summed E-state index contributed by atoms with van der Waals surface area (Å²) in [6.45, 7) is 2.24. The Morgan fingerprint density at radius 3 is 1.32 bits per heavy atom. The summed E-state index contributed by atoms with van der Waals surface area (Å²) in [7, 11) is 2.35. The summed E-state index contributed by atoms with van der Waals surface area (Å²) in [5.74, 6) is -0.447. The van der Waals surface area contributed by atoms with Crippen LogP contribution < -0.4 is 0 Å². The molecular weight excluding hydrogens is 994 g/mol. The number of hydrogen-bond acceptors (Lipinski definition) is 5. The molecule has 0 spiro atoms. The fourth-order valence-electron chi connectivity index (χ4n) is 0.254. The molecule has 0 atom stereocenters. The lowest BCUT2D eigenvalue weighted by Crippen LogP contribution is -2.03. The topological polar surface area (TPSA) is 72.8 Å². The van der Waals surface area contributed by atoms with Crippen molar-refractivity contribution in [3.8, 4) is 0 Å². The molecular formula is C10H21Br2I5O5. The Hall–Kier alpha value is 3.51. The van der Waals surface area contributed by atoms with Crippen LogP contribution in [0.5, 0.6) is 0 Å². The number of hydrogen-bond donors (Lipinski definition) is 1. The summed E-state index contributed by atoms with van der Waals surface area (Å²) >= 11 is 16.8. The van der Waals surface area contributed by atoms with Crippen molar-refractivity contribution >= 4 is 149 Å². The maximum absolute atomic E-state index is 10.1. The molecule has 140 valence electrons. The van der Waals surface area contributed by atoms with Crippen LogP contribution in [0.2, 0.25) is 0 Å². The molecule has 0 radical (unpaired) electrons. The zero-order valence-corrected chi connectivity index (χ0v) is 26.5. The van der Waals surface area contributed by atoms with E-state index in [0.29, 0.717) is 11.9 Å². The van der Waals surface area contributed by atoms with E-state index in [1.165, 1.54) is 9.54 Å². The molecule has 0 aliphatic carbocycles. The second kappa shape index (κ2) is 56.3. The molecule has 0 aliphatic rings. The van der Waals surface area contributed by atoms with Gasteiger partial charge in [0.15, 0.2) is 0 Å². The molecule has 22 heavy (non-hydrogen) atoms. The first-order valence-electron chi connectivity index (χ1n) is 4.96. The van der Waals surface area contributed by atoms with Crippen LogP contribution in [-0.4, -0.2) is 55.9 Å². The molecule has 0 aliphatic heterocycles. The van der Waals surface area contributed by atoms with Crippen LogP contribution in [-0.2, 0) is 19.1 Å². The molecule has 0 saturated carbocycles. The molecule has 0 bridgehead atoms. The average molecular weight is 1020 g/mol. The Bertz CT molecular complexity index is 176. The standard InChI is InChI=1S/C4H7BrO2.C3H5BrO2.CH2I2.CH3I.CH4O.I2/c1-2-7-4(6)3-5;1-6-3(5)2-4;2-1-3;3*1-2/h2-3H2,1H3;2H2,1H3;1H2;1H3;2H,1H3;. The number of halogens is 7. The van der Waals surface area contributed by atoms with Gasteiger partial charge in [0.25, 0.3) is 0 Å². The van der Waals surface area contributed by atoms with Crippen LogP contribution in [0.1, 0.15) is 6.92 Å². The molecule has 0 saturated heterocycles. The molecule has 1 N–H and O–H groups in total. The van der Waals surface area contributed by atoms with Crippen molar-refractivity contribution in [2.75, 3.05) is 38.9 Å². The van der Waals surface area contributed by atoms with Crippen molar-refractivity contribution in [2.24, 2.45) is 0 Å². The number of aliphatic hydroxyl groups is 1. The summed E-state index contributed by atoms with van der Waals surface area (Å²) in [5, 5.41) is 7.57. The van der Waals surface area contributed by atoms with Gasteiger partial charge in [-0.05, 0) is 11.9 Å². The number of alkyl halides is 5. The Kier molecular flexibility index (Phi) is 103. The SMILES string of the molecule is CCOC(=O)CBr.CI.CO.COC(=O)CBr.ICI.II. The normalized spacial score (nSPS) is 6.36. The quantitative estimate of drug-likeness (QED) is 0.222. The van der Waals surface area contributed by atoms with Gasteiger partial charge in [-0.15, -0.1) is 0 Å². The van der Waals surface area contributed by atoms with Gasteiger partial charge in [-0.3, -0.25) is 9.59 Å². The number of ether oxygens (including phenoxy) is 2. The predicted molar refractivity (Wildman–Crippen MR) is 145 cm³/mol. The zero-order valence-electron chi connectivity index (χ0n) is 12.6. The molecule has 0 rings (SSSR count). The lowest BCUT2D eigenvalue weighted by Gasteiger charge is -1.92. The summed E-state index contributed by atoms with van der Waals surface area (Å²) in [5.41, 5.74) is 0. The Labute approximate surface area is 214 Å². The highest BCUT2D eigenvalue weighted by Crippen LogP contribution is 1.89. The van der Waals surface area contributed by atoms with E-state index in [2.05, 4.69) is 146 Å². The molecule has 12 heteroatoms. The third-order valence-corrected chi connectivity index (χ3v) is 1.67. The molecule has 0 heterocycles. The van der Waals surface area contributed by atoms with Crippen molar-refractivity contribution in [3.63, 3.8) is 0 Å². The monoisotopic (exact) mass is 1010 g/mol. The summed E-state index contributed by atoms with van der Waals surface area (Å²) < 4.78 is 9.91. The van der Waals surface area contributed by atoms with E-state index in [0.717, 1.165) is 7.11 Å². The fourth-order valence-corrected chi connectivity index (χ4v) is 0.645. The first-order chi connectivity index (χ1) is 10.5. The van der Waals surface area contributed by atoms with Crippen molar-refractivity contribution in [1.82, 2.24) is 0 Å². The number of carbonyl (C=O) groups excluding carboxylic acids is 2. The molecule has 0 aromatic carbocycles. The predicted octanol–water partition coefficient (Wildman–Crippen LogP) is 5.74. The van der Waals surface area contributed by atoms with Gasteiger partial charge in [-0.25, -0.2) is 0 Å². The number of esters is 2. The third-order valence-electron chi connectivity index (χ3n) is 0.751. The van der Waals surface area contributed by atoms with Crippen LogP contribution in [0.15, 0.2) is 0 Å². The van der Waals surface area contributed by atoms with Gasteiger partial charge in [0, 0.05) is 44.3 Å². The Morgan fingerprint density at radius 1 is 1.00 bits per heavy atom. The van der Waals surface area contributed by atoms with Crippen molar-refractivity contribution < 1.29 is 24.2 Å². The Balaban J connectivity index is -0.0000000387. The van der Waals surface area contributed by atoms with Crippen LogP contribution in [0.25, 0.3) is 0 Å². The molecule has 0 fully saturated rings. The minimum atomic E-state index is -0.241. The minimum Gasteiger partial charge on any atom is -0.468 e. The van der Waals surface area contributed by atoms with Crippen LogP contribution in [0.3, 0.4) is 0 Å². The van der Waals surface area contributed by atoms with E-state index < -0.39 is 0 Å². The van der Waals surface area contributed by atoms with Crippen molar-refractivity contribution in [1.29, 1.82) is 0 Å². The van der Waals surface area contributed by atoms with Crippen LogP contribution in [0, 0.1) is 0 Å². The van der Waals surface area contributed by atoms with Crippen LogP contribution >= 0.6 is 137 Å². The van der Waals surface area contributed by atoms with E-state index in [1.807, 2.05) is 4.93 Å².